The zero-order valence-electron chi connectivity index (χ0n) is 14.9. The van der Waals surface area contributed by atoms with Gasteiger partial charge in [0.1, 0.15) is 23.1 Å². The lowest BCUT2D eigenvalue weighted by Gasteiger charge is -2.11. The molecule has 0 aliphatic heterocycles. The number of amides is 1. The average molecular weight is 382 g/mol. The first-order valence-corrected chi connectivity index (χ1v) is 9.65. The van der Waals surface area contributed by atoms with Crippen LogP contribution in [0.25, 0.3) is 0 Å². The largest absolute Gasteiger partial charge is 0.489 e. The molecule has 0 spiro atoms. The van der Waals surface area contributed by atoms with E-state index in [4.69, 9.17) is 4.74 Å². The van der Waals surface area contributed by atoms with Crippen LogP contribution in [-0.2, 0) is 6.61 Å². The number of halogens is 1. The number of aromatic nitrogens is 1. The number of thiazole rings is 1. The van der Waals surface area contributed by atoms with Gasteiger partial charge >= 0.3 is 0 Å². The van der Waals surface area contributed by atoms with Gasteiger partial charge in [-0.25, -0.2) is 9.37 Å². The number of carbonyl (C=O) groups excluding carboxylic acids is 1. The first-order chi connectivity index (χ1) is 13.1. The Bertz CT molecular complexity index is 982. The van der Waals surface area contributed by atoms with Gasteiger partial charge in [-0.05, 0) is 61.2 Å². The van der Waals surface area contributed by atoms with Crippen molar-refractivity contribution in [1.29, 1.82) is 0 Å². The Morgan fingerprint density at radius 1 is 1.30 bits per heavy atom. The van der Waals surface area contributed by atoms with Crippen molar-refractivity contribution in [3.63, 3.8) is 0 Å². The number of rotatable bonds is 6. The van der Waals surface area contributed by atoms with Crippen molar-refractivity contribution >= 4 is 22.9 Å². The number of ether oxygens (including phenoxy) is 1. The Labute approximate surface area is 161 Å². The van der Waals surface area contributed by atoms with E-state index in [-0.39, 0.29) is 18.3 Å². The van der Waals surface area contributed by atoms with E-state index in [0.29, 0.717) is 16.5 Å². The van der Waals surface area contributed by atoms with Crippen LogP contribution >= 0.6 is 11.3 Å². The van der Waals surface area contributed by atoms with Gasteiger partial charge in [0.05, 0.1) is 11.2 Å². The first kappa shape index (κ1) is 17.7. The zero-order valence-corrected chi connectivity index (χ0v) is 15.7. The highest BCUT2D eigenvalue weighted by atomic mass is 32.1. The maximum atomic E-state index is 13.2. The van der Waals surface area contributed by atoms with Gasteiger partial charge in [0, 0.05) is 11.6 Å². The second kappa shape index (κ2) is 7.48. The number of nitrogens with zero attached hydrogens (tertiary/aromatic N) is 1. The van der Waals surface area contributed by atoms with Crippen molar-refractivity contribution in [1.82, 2.24) is 4.98 Å². The number of nitrogens with one attached hydrogen (secondary N) is 1. The molecule has 1 aliphatic carbocycles. The Hall–Kier alpha value is -2.73. The normalized spacial score (nSPS) is 13.4. The summed E-state index contributed by atoms with van der Waals surface area (Å²) in [5, 5.41) is 3.99. The van der Waals surface area contributed by atoms with Gasteiger partial charge in [0.15, 0.2) is 0 Å². The van der Waals surface area contributed by atoms with Crippen LogP contribution in [0.15, 0.2) is 48.7 Å². The van der Waals surface area contributed by atoms with Crippen LogP contribution in [0.3, 0.4) is 0 Å². The molecule has 6 heteroatoms. The molecule has 3 aromatic rings. The highest BCUT2D eigenvalue weighted by Gasteiger charge is 2.27. The second-order valence-corrected chi connectivity index (χ2v) is 7.75. The molecule has 27 heavy (non-hydrogen) atoms. The van der Waals surface area contributed by atoms with Gasteiger partial charge in [0.25, 0.3) is 5.91 Å². The molecule has 0 atom stereocenters. The lowest BCUT2D eigenvalue weighted by molar-refractivity contribution is 0.103. The van der Waals surface area contributed by atoms with E-state index < -0.39 is 0 Å². The summed E-state index contributed by atoms with van der Waals surface area (Å²) in [5.41, 5.74) is 2.40. The lowest BCUT2D eigenvalue weighted by atomic mass is 10.2. The van der Waals surface area contributed by atoms with Crippen LogP contribution in [0, 0.1) is 12.7 Å². The summed E-state index contributed by atoms with van der Waals surface area (Å²) in [6.45, 7) is 2.20. The average Bonchev–Trinajstić information content (AvgIpc) is 3.38. The Morgan fingerprint density at radius 3 is 2.89 bits per heavy atom. The molecular weight excluding hydrogens is 363 g/mol. The van der Waals surface area contributed by atoms with E-state index in [1.807, 2.05) is 25.1 Å². The van der Waals surface area contributed by atoms with E-state index in [9.17, 15) is 9.18 Å². The van der Waals surface area contributed by atoms with E-state index in [0.717, 1.165) is 21.8 Å². The predicted molar refractivity (Wildman–Crippen MR) is 104 cm³/mol. The summed E-state index contributed by atoms with van der Waals surface area (Å²) in [7, 11) is 0. The van der Waals surface area contributed by atoms with Crippen molar-refractivity contribution in [3.05, 3.63) is 75.5 Å². The fourth-order valence-electron chi connectivity index (χ4n) is 2.76. The SMILES string of the molecule is Cc1cc(OCc2cccc(F)c2)ccc1NC(=O)c1cnc(C2CC2)s1. The molecule has 1 aromatic heterocycles. The van der Waals surface area contributed by atoms with Gasteiger partial charge in [-0.15, -0.1) is 11.3 Å². The van der Waals surface area contributed by atoms with Crippen LogP contribution in [0.5, 0.6) is 5.75 Å². The van der Waals surface area contributed by atoms with Crippen LogP contribution in [-0.4, -0.2) is 10.9 Å². The van der Waals surface area contributed by atoms with Gasteiger partial charge < -0.3 is 10.1 Å². The molecule has 1 N–H and O–H groups in total. The fourth-order valence-corrected chi connectivity index (χ4v) is 3.74. The summed E-state index contributed by atoms with van der Waals surface area (Å²) in [5.74, 6) is 0.797. The van der Waals surface area contributed by atoms with Gasteiger partial charge in [-0.2, -0.15) is 0 Å². The quantitative estimate of drug-likeness (QED) is 0.629. The Kier molecular flexibility index (Phi) is 4.90. The molecule has 1 saturated carbocycles. The molecule has 4 rings (SSSR count). The molecule has 4 nitrogen and oxygen atoms in total. The van der Waals surface area contributed by atoms with Crippen LogP contribution < -0.4 is 10.1 Å². The van der Waals surface area contributed by atoms with E-state index in [1.165, 1.54) is 36.3 Å². The molecule has 1 aliphatic rings. The molecule has 1 fully saturated rings. The summed E-state index contributed by atoms with van der Waals surface area (Å²) >= 11 is 1.47. The molecule has 0 radical (unpaired) electrons. The smallest absolute Gasteiger partial charge is 0.267 e. The number of benzene rings is 2. The molecule has 138 valence electrons. The van der Waals surface area contributed by atoms with Crippen LogP contribution in [0.1, 0.15) is 44.6 Å². The van der Waals surface area contributed by atoms with Gasteiger partial charge in [-0.3, -0.25) is 4.79 Å². The van der Waals surface area contributed by atoms with Gasteiger partial charge in [0.2, 0.25) is 0 Å². The molecule has 0 bridgehead atoms. The molecule has 1 heterocycles. The topological polar surface area (TPSA) is 51.2 Å². The number of hydrogen-bond acceptors (Lipinski definition) is 4. The van der Waals surface area contributed by atoms with E-state index >= 15 is 0 Å². The minimum Gasteiger partial charge on any atom is -0.489 e. The van der Waals surface area contributed by atoms with Crippen molar-refractivity contribution in [3.8, 4) is 5.75 Å². The summed E-state index contributed by atoms with van der Waals surface area (Å²) in [6, 6.07) is 11.8. The van der Waals surface area contributed by atoms with Crippen molar-refractivity contribution in [2.45, 2.75) is 32.3 Å². The molecule has 2 aromatic carbocycles. The summed E-state index contributed by atoms with van der Waals surface area (Å²) in [6.07, 6.45) is 4.00. The van der Waals surface area contributed by atoms with E-state index in [2.05, 4.69) is 10.3 Å². The van der Waals surface area contributed by atoms with Crippen LogP contribution in [0.2, 0.25) is 0 Å². The maximum absolute atomic E-state index is 13.2. The van der Waals surface area contributed by atoms with Crippen molar-refractivity contribution in [2.24, 2.45) is 0 Å². The Morgan fingerprint density at radius 2 is 2.15 bits per heavy atom. The zero-order chi connectivity index (χ0) is 18.8. The summed E-state index contributed by atoms with van der Waals surface area (Å²) in [4.78, 5) is 17.4. The summed E-state index contributed by atoms with van der Waals surface area (Å²) < 4.78 is 18.9. The molecule has 0 unspecified atom stereocenters. The Balaban J connectivity index is 1.39. The molecule has 0 saturated heterocycles. The first-order valence-electron chi connectivity index (χ1n) is 8.83. The van der Waals surface area contributed by atoms with Crippen molar-refractivity contribution < 1.29 is 13.9 Å². The van der Waals surface area contributed by atoms with Gasteiger partial charge in [-0.1, -0.05) is 12.1 Å². The number of anilines is 1. The lowest BCUT2D eigenvalue weighted by Crippen LogP contribution is -2.11. The standard InChI is InChI=1S/C21H19FN2O2S/c1-13-9-17(26-12-14-3-2-4-16(22)10-14)7-8-18(13)24-20(25)19-11-23-21(27-19)15-5-6-15/h2-4,7-11,15H,5-6,12H2,1H3,(H,24,25). The highest BCUT2D eigenvalue weighted by Crippen LogP contribution is 2.41. The maximum Gasteiger partial charge on any atom is 0.267 e. The third-order valence-electron chi connectivity index (χ3n) is 4.41. The predicted octanol–water partition coefficient (Wildman–Crippen LogP) is 5.30. The van der Waals surface area contributed by atoms with Crippen molar-refractivity contribution in [2.75, 3.05) is 5.32 Å². The highest BCUT2D eigenvalue weighted by molar-refractivity contribution is 7.13. The number of carbonyl (C=O) groups is 1. The molecule has 1 amide bonds. The van der Waals surface area contributed by atoms with E-state index in [1.54, 1.807) is 18.3 Å². The number of hydrogen-bond donors (Lipinski definition) is 1. The number of aryl methyl sites for hydroxylation is 1. The fraction of sp³-hybridized carbons (Fsp3) is 0.238. The van der Waals surface area contributed by atoms with Crippen LogP contribution in [0.4, 0.5) is 10.1 Å². The minimum atomic E-state index is -0.279. The monoisotopic (exact) mass is 382 g/mol. The second-order valence-electron chi connectivity index (χ2n) is 6.69. The molecular formula is C21H19FN2O2S. The minimum absolute atomic E-state index is 0.143. The third-order valence-corrected chi connectivity index (χ3v) is 5.57. The third kappa shape index (κ3) is 4.34.